The molecule has 21 heavy (non-hydrogen) atoms. The van der Waals surface area contributed by atoms with Crippen molar-refractivity contribution < 1.29 is 4.52 Å². The number of aryl methyl sites for hydroxylation is 2. The third kappa shape index (κ3) is 2.23. The first-order valence-electron chi connectivity index (χ1n) is 7.48. The van der Waals surface area contributed by atoms with Crippen LogP contribution < -0.4 is 5.32 Å². The van der Waals surface area contributed by atoms with Crippen LogP contribution in [0.5, 0.6) is 0 Å². The second-order valence-corrected chi connectivity index (χ2v) is 7.06. The molecule has 2 aliphatic heterocycles. The Morgan fingerprint density at radius 1 is 1.24 bits per heavy atom. The minimum Gasteiger partial charge on any atom is -0.339 e. The zero-order chi connectivity index (χ0) is 14.6. The summed E-state index contributed by atoms with van der Waals surface area (Å²) in [6, 6.07) is 5.37. The summed E-state index contributed by atoms with van der Waals surface area (Å²) in [5, 5.41) is 7.81. The average molecular weight is 348 g/mol. The molecule has 0 radical (unpaired) electrons. The van der Waals surface area contributed by atoms with E-state index in [9.17, 15) is 0 Å². The zero-order valence-electron chi connectivity index (χ0n) is 12.2. The lowest BCUT2D eigenvalue weighted by molar-refractivity contribution is 0.329. The van der Waals surface area contributed by atoms with Crippen molar-refractivity contribution in [1.82, 2.24) is 15.5 Å². The first-order valence-corrected chi connectivity index (χ1v) is 8.28. The van der Waals surface area contributed by atoms with Gasteiger partial charge in [0.2, 0.25) is 11.7 Å². The summed E-state index contributed by atoms with van der Waals surface area (Å²) >= 11 is 3.59. The minimum atomic E-state index is 0.391. The van der Waals surface area contributed by atoms with Crippen LogP contribution in [0.2, 0.25) is 0 Å². The van der Waals surface area contributed by atoms with Gasteiger partial charge in [0, 0.05) is 22.1 Å². The van der Waals surface area contributed by atoms with Crippen LogP contribution in [0.3, 0.4) is 0 Å². The third-order valence-corrected chi connectivity index (χ3v) is 6.00. The molecular formula is C16H18BrN3O. The third-order valence-electron chi connectivity index (χ3n) is 4.75. The van der Waals surface area contributed by atoms with Gasteiger partial charge in [0.25, 0.3) is 0 Å². The molecular weight excluding hydrogens is 330 g/mol. The Morgan fingerprint density at radius 3 is 2.62 bits per heavy atom. The van der Waals surface area contributed by atoms with Crippen molar-refractivity contribution in [3.8, 4) is 11.4 Å². The molecule has 2 fully saturated rings. The van der Waals surface area contributed by atoms with Crippen LogP contribution in [0.1, 0.15) is 42.2 Å². The molecule has 0 saturated carbocycles. The summed E-state index contributed by atoms with van der Waals surface area (Å²) in [6.45, 7) is 4.17. The Hall–Kier alpha value is -1.20. The van der Waals surface area contributed by atoms with Crippen molar-refractivity contribution in [1.29, 1.82) is 0 Å². The molecule has 2 aromatic rings. The van der Waals surface area contributed by atoms with Gasteiger partial charge < -0.3 is 9.84 Å². The monoisotopic (exact) mass is 347 g/mol. The minimum absolute atomic E-state index is 0.391. The van der Waals surface area contributed by atoms with Gasteiger partial charge >= 0.3 is 0 Å². The van der Waals surface area contributed by atoms with Crippen molar-refractivity contribution >= 4 is 15.9 Å². The number of hydrogen-bond donors (Lipinski definition) is 1. The molecule has 0 aliphatic carbocycles. The highest BCUT2D eigenvalue weighted by Gasteiger charge is 2.42. The van der Waals surface area contributed by atoms with E-state index < -0.39 is 0 Å². The maximum atomic E-state index is 5.55. The fraction of sp³-hybridized carbons (Fsp3) is 0.500. The second-order valence-electron chi connectivity index (χ2n) is 6.27. The summed E-state index contributed by atoms with van der Waals surface area (Å²) in [7, 11) is 0. The molecule has 3 unspecified atom stereocenters. The largest absolute Gasteiger partial charge is 0.339 e. The molecule has 2 aliphatic rings. The lowest BCUT2D eigenvalue weighted by atomic mass is 9.89. The number of hydrogen-bond acceptors (Lipinski definition) is 4. The van der Waals surface area contributed by atoms with E-state index in [-0.39, 0.29) is 0 Å². The average Bonchev–Trinajstić information content (AvgIpc) is 3.18. The van der Waals surface area contributed by atoms with Crippen molar-refractivity contribution in [3.63, 3.8) is 0 Å². The Kier molecular flexibility index (Phi) is 3.15. The summed E-state index contributed by atoms with van der Waals surface area (Å²) < 4.78 is 6.70. The number of fused-ring (bicyclic) bond motifs is 2. The molecule has 5 heteroatoms. The van der Waals surface area contributed by atoms with Crippen molar-refractivity contribution in [2.24, 2.45) is 0 Å². The van der Waals surface area contributed by atoms with Crippen LogP contribution in [-0.2, 0) is 0 Å². The summed E-state index contributed by atoms with van der Waals surface area (Å²) in [4.78, 5) is 4.66. The van der Waals surface area contributed by atoms with Crippen LogP contribution in [0.4, 0.5) is 0 Å². The van der Waals surface area contributed by atoms with Crippen LogP contribution >= 0.6 is 15.9 Å². The number of halogens is 1. The number of aromatic nitrogens is 2. The lowest BCUT2D eigenvalue weighted by Crippen LogP contribution is -2.21. The Bertz CT molecular complexity index is 674. The van der Waals surface area contributed by atoms with E-state index in [1.807, 2.05) is 0 Å². The molecule has 0 amide bonds. The van der Waals surface area contributed by atoms with E-state index in [4.69, 9.17) is 4.52 Å². The fourth-order valence-corrected chi connectivity index (χ4v) is 3.90. The highest BCUT2D eigenvalue weighted by molar-refractivity contribution is 9.10. The number of nitrogens with one attached hydrogen (secondary N) is 1. The Labute approximate surface area is 132 Å². The maximum absolute atomic E-state index is 5.55. The SMILES string of the molecule is Cc1cc(-c2noc(C3CC4CCC3N4)n2)cc(C)c1Br. The van der Waals surface area contributed by atoms with Gasteiger partial charge in [0.05, 0.1) is 5.92 Å². The van der Waals surface area contributed by atoms with E-state index in [1.54, 1.807) is 0 Å². The first-order chi connectivity index (χ1) is 10.1. The van der Waals surface area contributed by atoms with Crippen LogP contribution in [0.25, 0.3) is 11.4 Å². The van der Waals surface area contributed by atoms with Gasteiger partial charge in [-0.3, -0.25) is 0 Å². The first kappa shape index (κ1) is 13.5. The summed E-state index contributed by atoms with van der Waals surface area (Å²) in [5.74, 6) is 1.89. The van der Waals surface area contributed by atoms with E-state index in [0.29, 0.717) is 23.8 Å². The summed E-state index contributed by atoms with van der Waals surface area (Å²) in [5.41, 5.74) is 3.41. The van der Waals surface area contributed by atoms with Crippen molar-refractivity contribution in [2.45, 2.75) is 51.1 Å². The molecule has 4 rings (SSSR count). The predicted molar refractivity (Wildman–Crippen MR) is 84.2 cm³/mol. The number of rotatable bonds is 2. The van der Waals surface area contributed by atoms with E-state index in [1.165, 1.54) is 24.0 Å². The second kappa shape index (κ2) is 4.92. The molecule has 1 aromatic carbocycles. The Balaban J connectivity index is 1.65. The van der Waals surface area contributed by atoms with Gasteiger partial charge in [-0.25, -0.2) is 0 Å². The highest BCUT2D eigenvalue weighted by atomic mass is 79.9. The number of benzene rings is 1. The quantitative estimate of drug-likeness (QED) is 0.899. The molecule has 3 atom stereocenters. The smallest absolute Gasteiger partial charge is 0.231 e. The van der Waals surface area contributed by atoms with E-state index in [0.717, 1.165) is 22.3 Å². The highest BCUT2D eigenvalue weighted by Crippen LogP contribution is 2.39. The van der Waals surface area contributed by atoms with E-state index in [2.05, 4.69) is 57.4 Å². The predicted octanol–water partition coefficient (Wildman–Crippen LogP) is 3.72. The van der Waals surface area contributed by atoms with E-state index >= 15 is 0 Å². The van der Waals surface area contributed by atoms with Gasteiger partial charge in [-0.15, -0.1) is 0 Å². The number of nitrogens with zero attached hydrogens (tertiary/aromatic N) is 2. The molecule has 0 spiro atoms. The van der Waals surface area contributed by atoms with Gasteiger partial charge in [-0.2, -0.15) is 4.98 Å². The summed E-state index contributed by atoms with van der Waals surface area (Å²) in [6.07, 6.45) is 3.64. The van der Waals surface area contributed by atoms with Gasteiger partial charge in [0.15, 0.2) is 0 Å². The lowest BCUT2D eigenvalue weighted by Gasteiger charge is -2.15. The molecule has 110 valence electrons. The molecule has 2 saturated heterocycles. The molecule has 4 nitrogen and oxygen atoms in total. The van der Waals surface area contributed by atoms with Gasteiger partial charge in [-0.05, 0) is 56.4 Å². The fourth-order valence-electron chi connectivity index (χ4n) is 3.68. The van der Waals surface area contributed by atoms with Crippen LogP contribution in [0, 0.1) is 13.8 Å². The Morgan fingerprint density at radius 2 is 2.00 bits per heavy atom. The molecule has 2 bridgehead atoms. The van der Waals surface area contributed by atoms with Crippen molar-refractivity contribution in [3.05, 3.63) is 33.6 Å². The maximum Gasteiger partial charge on any atom is 0.231 e. The zero-order valence-corrected chi connectivity index (χ0v) is 13.8. The topological polar surface area (TPSA) is 51.0 Å². The standard InChI is InChI=1S/C16H18BrN3O/c1-8-5-10(6-9(2)14(8)17)15-19-16(21-20-15)12-7-11-3-4-13(12)18-11/h5-6,11-13,18H,3-4,7H2,1-2H3. The molecule has 1 aromatic heterocycles. The van der Waals surface area contributed by atoms with Crippen molar-refractivity contribution in [2.75, 3.05) is 0 Å². The van der Waals surface area contributed by atoms with Crippen LogP contribution in [-0.4, -0.2) is 22.2 Å². The van der Waals surface area contributed by atoms with Gasteiger partial charge in [0.1, 0.15) is 0 Å². The normalized spacial score (nSPS) is 27.5. The molecule has 3 heterocycles. The van der Waals surface area contributed by atoms with Gasteiger partial charge in [-0.1, -0.05) is 21.1 Å². The van der Waals surface area contributed by atoms with Crippen LogP contribution in [0.15, 0.2) is 21.1 Å². The molecule has 1 N–H and O–H groups in total.